The van der Waals surface area contributed by atoms with Crippen LogP contribution in [0.15, 0.2) is 59.0 Å². The van der Waals surface area contributed by atoms with Crippen LogP contribution in [0.4, 0.5) is 5.69 Å². The van der Waals surface area contributed by atoms with E-state index >= 15 is 0 Å². The molecule has 144 valence electrons. The molecule has 0 bridgehead atoms. The van der Waals surface area contributed by atoms with Gasteiger partial charge in [0, 0.05) is 54.2 Å². The van der Waals surface area contributed by atoms with Gasteiger partial charge in [0.15, 0.2) is 0 Å². The summed E-state index contributed by atoms with van der Waals surface area (Å²) in [6.07, 6.45) is 3.36. The lowest BCUT2D eigenvalue weighted by atomic mass is 10.2. The molecule has 0 radical (unpaired) electrons. The van der Waals surface area contributed by atoms with Crippen LogP contribution >= 0.6 is 11.3 Å². The van der Waals surface area contributed by atoms with Gasteiger partial charge in [0.1, 0.15) is 0 Å². The minimum atomic E-state index is -0.222. The van der Waals surface area contributed by atoms with Gasteiger partial charge in [-0.15, -0.1) is 0 Å². The number of hydrogen-bond donors (Lipinski definition) is 2. The monoisotopic (exact) mass is 396 g/mol. The number of aromatic nitrogens is 2. The lowest BCUT2D eigenvalue weighted by Crippen LogP contribution is -2.26. The Morgan fingerprint density at radius 2 is 1.96 bits per heavy atom. The molecule has 0 unspecified atom stereocenters. The van der Waals surface area contributed by atoms with E-state index in [-0.39, 0.29) is 23.1 Å². The third kappa shape index (κ3) is 5.14. The Morgan fingerprint density at radius 1 is 1.18 bits per heavy atom. The summed E-state index contributed by atoms with van der Waals surface area (Å²) in [4.78, 5) is 39.8. The van der Waals surface area contributed by atoms with Crippen molar-refractivity contribution in [3.63, 3.8) is 0 Å². The minimum Gasteiger partial charge on any atom is -0.352 e. The third-order valence-corrected chi connectivity index (χ3v) is 5.04. The summed E-state index contributed by atoms with van der Waals surface area (Å²) in [5.41, 5.74) is 2.90. The normalized spacial score (nSPS) is 10.5. The third-order valence-electron chi connectivity index (χ3n) is 4.16. The van der Waals surface area contributed by atoms with Gasteiger partial charge in [-0.2, -0.15) is 0 Å². The van der Waals surface area contributed by atoms with E-state index in [0.29, 0.717) is 24.3 Å². The molecule has 0 aliphatic heterocycles. The van der Waals surface area contributed by atoms with Crippen LogP contribution < -0.4 is 15.5 Å². The first-order valence-electron chi connectivity index (χ1n) is 8.75. The average molecular weight is 396 g/mol. The number of carbonyl (C=O) groups excluding carboxylic acids is 2. The van der Waals surface area contributed by atoms with Crippen molar-refractivity contribution >= 4 is 28.8 Å². The number of pyridine rings is 1. The number of carbonyl (C=O) groups is 2. The van der Waals surface area contributed by atoms with Crippen LogP contribution in [0.3, 0.4) is 0 Å². The highest BCUT2D eigenvalue weighted by Gasteiger charge is 2.08. The summed E-state index contributed by atoms with van der Waals surface area (Å²) in [5.74, 6) is -0.358. The van der Waals surface area contributed by atoms with Gasteiger partial charge in [0.25, 0.3) is 5.91 Å². The van der Waals surface area contributed by atoms with Crippen molar-refractivity contribution in [2.75, 3.05) is 5.32 Å². The summed E-state index contributed by atoms with van der Waals surface area (Å²) in [5, 5.41) is 7.45. The molecular formula is C20H20N4O3S. The van der Waals surface area contributed by atoms with Crippen molar-refractivity contribution in [1.29, 1.82) is 0 Å². The van der Waals surface area contributed by atoms with Crippen LogP contribution in [0.5, 0.6) is 0 Å². The number of anilines is 1. The summed E-state index contributed by atoms with van der Waals surface area (Å²) in [6, 6.07) is 10.6. The van der Waals surface area contributed by atoms with Gasteiger partial charge in [0.2, 0.25) is 5.91 Å². The van der Waals surface area contributed by atoms with Gasteiger partial charge in [-0.25, -0.2) is 0 Å². The maximum atomic E-state index is 12.2. The Kier molecular flexibility index (Phi) is 6.33. The van der Waals surface area contributed by atoms with E-state index in [1.807, 2.05) is 25.1 Å². The predicted molar refractivity (Wildman–Crippen MR) is 108 cm³/mol. The van der Waals surface area contributed by atoms with Gasteiger partial charge in [-0.1, -0.05) is 23.5 Å². The highest BCUT2D eigenvalue weighted by Crippen LogP contribution is 2.12. The zero-order valence-electron chi connectivity index (χ0n) is 15.3. The topological polar surface area (TPSA) is 93.1 Å². The Hall–Kier alpha value is -3.26. The second-order valence-electron chi connectivity index (χ2n) is 6.21. The van der Waals surface area contributed by atoms with Crippen molar-refractivity contribution in [2.24, 2.45) is 0 Å². The molecule has 3 rings (SSSR count). The molecule has 8 heteroatoms. The summed E-state index contributed by atoms with van der Waals surface area (Å²) in [6.45, 7) is 2.55. The van der Waals surface area contributed by atoms with Crippen LogP contribution in [0.1, 0.15) is 28.0 Å². The fourth-order valence-electron chi connectivity index (χ4n) is 2.64. The van der Waals surface area contributed by atoms with Gasteiger partial charge in [-0.05, 0) is 36.8 Å². The fourth-order valence-corrected chi connectivity index (χ4v) is 3.40. The zero-order valence-corrected chi connectivity index (χ0v) is 16.2. The minimum absolute atomic E-state index is 0.0528. The quantitative estimate of drug-likeness (QED) is 0.642. The van der Waals surface area contributed by atoms with Crippen molar-refractivity contribution < 1.29 is 9.59 Å². The number of aryl methyl sites for hydroxylation is 1. The molecule has 0 aliphatic rings. The summed E-state index contributed by atoms with van der Waals surface area (Å²) < 4.78 is 1.60. The number of rotatable bonds is 7. The molecule has 0 saturated heterocycles. The van der Waals surface area contributed by atoms with E-state index in [9.17, 15) is 14.4 Å². The maximum Gasteiger partial charge on any atom is 0.307 e. The molecule has 2 aromatic heterocycles. The Bertz CT molecular complexity index is 1030. The van der Waals surface area contributed by atoms with Gasteiger partial charge in [-0.3, -0.25) is 19.4 Å². The van der Waals surface area contributed by atoms with Gasteiger partial charge in [0.05, 0.1) is 0 Å². The smallest absolute Gasteiger partial charge is 0.307 e. The molecule has 0 fully saturated rings. The highest BCUT2D eigenvalue weighted by atomic mass is 32.1. The SMILES string of the molecule is Cc1csc(=O)n1CCC(=O)NCc1cccc(NC(=O)c2ccncc2)c1. The molecule has 3 aromatic rings. The molecule has 1 aromatic carbocycles. The largest absolute Gasteiger partial charge is 0.352 e. The maximum absolute atomic E-state index is 12.2. The molecule has 0 saturated carbocycles. The lowest BCUT2D eigenvalue weighted by molar-refractivity contribution is -0.121. The first-order chi connectivity index (χ1) is 13.5. The Labute approximate surface area is 166 Å². The lowest BCUT2D eigenvalue weighted by Gasteiger charge is -2.09. The number of amides is 2. The Balaban J connectivity index is 1.52. The van der Waals surface area contributed by atoms with E-state index in [1.54, 1.807) is 40.5 Å². The van der Waals surface area contributed by atoms with Crippen molar-refractivity contribution in [3.05, 3.63) is 80.7 Å². The molecule has 2 N–H and O–H groups in total. The van der Waals surface area contributed by atoms with Crippen LogP contribution in [0.25, 0.3) is 0 Å². The highest BCUT2D eigenvalue weighted by molar-refractivity contribution is 7.07. The number of hydrogen-bond acceptors (Lipinski definition) is 5. The molecule has 2 heterocycles. The summed E-state index contributed by atoms with van der Waals surface area (Å²) in [7, 11) is 0. The first-order valence-corrected chi connectivity index (χ1v) is 9.63. The van der Waals surface area contributed by atoms with Crippen LogP contribution in [-0.2, 0) is 17.9 Å². The molecule has 7 nitrogen and oxygen atoms in total. The number of thiazole rings is 1. The van der Waals surface area contributed by atoms with Crippen LogP contribution in [0.2, 0.25) is 0 Å². The molecule has 0 spiro atoms. The van der Waals surface area contributed by atoms with Crippen LogP contribution in [0, 0.1) is 6.92 Å². The predicted octanol–water partition coefficient (Wildman–Crippen LogP) is 2.57. The van der Waals surface area contributed by atoms with E-state index in [0.717, 1.165) is 22.6 Å². The zero-order chi connectivity index (χ0) is 19.9. The van der Waals surface area contributed by atoms with Gasteiger partial charge >= 0.3 is 4.87 Å². The molecular weight excluding hydrogens is 376 g/mol. The molecule has 0 aliphatic carbocycles. The van der Waals surface area contributed by atoms with Crippen molar-refractivity contribution in [2.45, 2.75) is 26.4 Å². The van der Waals surface area contributed by atoms with Gasteiger partial charge < -0.3 is 15.2 Å². The second kappa shape index (κ2) is 9.09. The van der Waals surface area contributed by atoms with Crippen LogP contribution in [-0.4, -0.2) is 21.4 Å². The number of nitrogens with zero attached hydrogens (tertiary/aromatic N) is 2. The number of benzene rings is 1. The average Bonchev–Trinajstić information content (AvgIpc) is 3.03. The van der Waals surface area contributed by atoms with E-state index in [2.05, 4.69) is 15.6 Å². The van der Waals surface area contributed by atoms with E-state index < -0.39 is 0 Å². The van der Waals surface area contributed by atoms with E-state index in [1.165, 1.54) is 0 Å². The Morgan fingerprint density at radius 3 is 2.68 bits per heavy atom. The molecule has 28 heavy (non-hydrogen) atoms. The standard InChI is InChI=1S/C20H20N4O3S/c1-14-13-28-20(27)24(14)10-7-18(25)22-12-15-3-2-4-17(11-15)23-19(26)16-5-8-21-9-6-16/h2-6,8-9,11,13H,7,10,12H2,1H3,(H,22,25)(H,23,26). The first kappa shape index (κ1) is 19.5. The number of nitrogens with one attached hydrogen (secondary N) is 2. The summed E-state index contributed by atoms with van der Waals surface area (Å²) >= 11 is 1.14. The molecule has 0 atom stereocenters. The van der Waals surface area contributed by atoms with E-state index in [4.69, 9.17) is 0 Å². The fraction of sp³-hybridized carbons (Fsp3) is 0.200. The van der Waals surface area contributed by atoms with Crippen molar-refractivity contribution in [1.82, 2.24) is 14.9 Å². The van der Waals surface area contributed by atoms with Crippen molar-refractivity contribution in [3.8, 4) is 0 Å². The second-order valence-corrected chi connectivity index (χ2v) is 7.03. The molecule has 2 amide bonds.